The van der Waals surface area contributed by atoms with E-state index >= 15 is 0 Å². The molecule has 1 aliphatic rings. The molecule has 0 saturated heterocycles. The molecule has 5 heteroatoms. The molecule has 1 fully saturated rings. The summed E-state index contributed by atoms with van der Waals surface area (Å²) in [5, 5.41) is 15.6. The highest BCUT2D eigenvalue weighted by molar-refractivity contribution is 5.89. The van der Waals surface area contributed by atoms with Gasteiger partial charge in [-0.1, -0.05) is 25.0 Å². The minimum absolute atomic E-state index is 0.167. The van der Waals surface area contributed by atoms with Crippen LogP contribution >= 0.6 is 0 Å². The van der Waals surface area contributed by atoms with Gasteiger partial charge in [-0.05, 0) is 44.4 Å². The average molecular weight is 320 g/mol. The van der Waals surface area contributed by atoms with E-state index in [2.05, 4.69) is 10.6 Å². The molecular formula is C18H28N2O3. The smallest absolute Gasteiger partial charge is 0.319 e. The van der Waals surface area contributed by atoms with Crippen molar-refractivity contribution in [1.82, 2.24) is 5.32 Å². The largest absolute Gasteiger partial charge is 0.393 e. The van der Waals surface area contributed by atoms with Crippen LogP contribution < -0.4 is 10.6 Å². The van der Waals surface area contributed by atoms with Gasteiger partial charge >= 0.3 is 6.03 Å². The summed E-state index contributed by atoms with van der Waals surface area (Å²) in [5.74, 6) is 0.167. The Morgan fingerprint density at radius 2 is 2.13 bits per heavy atom. The van der Waals surface area contributed by atoms with E-state index in [1.165, 1.54) is 0 Å². The lowest BCUT2D eigenvalue weighted by molar-refractivity contribution is 0.0657. The topological polar surface area (TPSA) is 70.6 Å². The maximum atomic E-state index is 12.0. The molecular weight excluding hydrogens is 292 g/mol. The molecule has 2 atom stereocenters. The van der Waals surface area contributed by atoms with Gasteiger partial charge in [-0.15, -0.1) is 0 Å². The van der Waals surface area contributed by atoms with Crippen LogP contribution in [0.2, 0.25) is 0 Å². The number of amides is 2. The van der Waals surface area contributed by atoms with Gasteiger partial charge in [-0.3, -0.25) is 0 Å². The summed E-state index contributed by atoms with van der Waals surface area (Å²) >= 11 is 0. The second-order valence-electron chi connectivity index (χ2n) is 6.51. The van der Waals surface area contributed by atoms with Crippen molar-refractivity contribution in [3.63, 3.8) is 0 Å². The van der Waals surface area contributed by atoms with E-state index in [0.29, 0.717) is 13.2 Å². The van der Waals surface area contributed by atoms with Crippen molar-refractivity contribution in [2.24, 2.45) is 5.92 Å². The monoisotopic (exact) mass is 320 g/mol. The average Bonchev–Trinajstić information content (AvgIpc) is 2.52. The number of ether oxygens (including phenoxy) is 1. The van der Waals surface area contributed by atoms with E-state index in [1.807, 2.05) is 38.1 Å². The molecule has 1 aliphatic carbocycles. The normalized spacial score (nSPS) is 21.2. The van der Waals surface area contributed by atoms with Gasteiger partial charge in [-0.25, -0.2) is 4.79 Å². The van der Waals surface area contributed by atoms with Crippen molar-refractivity contribution in [3.8, 4) is 0 Å². The summed E-state index contributed by atoms with van der Waals surface area (Å²) in [6.07, 6.45) is 3.91. The van der Waals surface area contributed by atoms with Crippen molar-refractivity contribution in [2.75, 3.05) is 11.9 Å². The van der Waals surface area contributed by atoms with Crippen LogP contribution in [0.1, 0.15) is 45.1 Å². The lowest BCUT2D eigenvalue weighted by atomic mass is 9.86. The molecule has 1 saturated carbocycles. The highest BCUT2D eigenvalue weighted by Gasteiger charge is 2.23. The summed E-state index contributed by atoms with van der Waals surface area (Å²) < 4.78 is 5.57. The van der Waals surface area contributed by atoms with Crippen molar-refractivity contribution >= 4 is 11.7 Å². The molecule has 1 aromatic rings. The number of carbonyl (C=O) groups is 1. The number of anilines is 1. The minimum atomic E-state index is -0.291. The van der Waals surface area contributed by atoms with Crippen LogP contribution in [0.3, 0.4) is 0 Å². The Morgan fingerprint density at radius 3 is 2.87 bits per heavy atom. The van der Waals surface area contributed by atoms with E-state index in [9.17, 15) is 9.90 Å². The molecule has 2 amide bonds. The molecule has 0 heterocycles. The molecule has 0 aliphatic heterocycles. The predicted molar refractivity (Wildman–Crippen MR) is 91.4 cm³/mol. The van der Waals surface area contributed by atoms with Crippen molar-refractivity contribution in [1.29, 1.82) is 0 Å². The summed E-state index contributed by atoms with van der Waals surface area (Å²) in [6, 6.07) is 7.42. The van der Waals surface area contributed by atoms with Crippen LogP contribution in [0.15, 0.2) is 24.3 Å². The first kappa shape index (κ1) is 17.8. The van der Waals surface area contributed by atoms with Crippen LogP contribution in [-0.2, 0) is 11.3 Å². The third-order valence-corrected chi connectivity index (χ3v) is 4.16. The number of nitrogens with one attached hydrogen (secondary N) is 2. The summed E-state index contributed by atoms with van der Waals surface area (Å²) in [4.78, 5) is 12.0. The van der Waals surface area contributed by atoms with Crippen molar-refractivity contribution in [2.45, 2.75) is 58.3 Å². The zero-order valence-corrected chi connectivity index (χ0v) is 14.0. The number of aliphatic hydroxyl groups excluding tert-OH is 1. The second kappa shape index (κ2) is 8.89. The first-order valence-corrected chi connectivity index (χ1v) is 8.48. The second-order valence-corrected chi connectivity index (χ2v) is 6.51. The molecule has 2 rings (SSSR count). The first-order valence-electron chi connectivity index (χ1n) is 8.48. The Bertz CT molecular complexity index is 505. The molecule has 23 heavy (non-hydrogen) atoms. The number of urea groups is 1. The first-order chi connectivity index (χ1) is 11.0. The Hall–Kier alpha value is -1.59. The molecule has 3 N–H and O–H groups in total. The van der Waals surface area contributed by atoms with Crippen molar-refractivity contribution < 1.29 is 14.6 Å². The fourth-order valence-corrected chi connectivity index (χ4v) is 2.83. The van der Waals surface area contributed by atoms with E-state index < -0.39 is 0 Å². The molecule has 0 radical (unpaired) electrons. The number of aliphatic hydroxyl groups is 1. The van der Waals surface area contributed by atoms with Gasteiger partial charge in [-0.2, -0.15) is 0 Å². The van der Waals surface area contributed by atoms with Gasteiger partial charge in [0.25, 0.3) is 0 Å². The quantitative estimate of drug-likeness (QED) is 0.753. The number of rotatable bonds is 6. The van der Waals surface area contributed by atoms with Gasteiger partial charge in [0.05, 0.1) is 18.8 Å². The molecule has 0 bridgehead atoms. The number of benzene rings is 1. The number of hydrogen-bond acceptors (Lipinski definition) is 3. The zero-order valence-electron chi connectivity index (χ0n) is 14.0. The summed E-state index contributed by atoms with van der Waals surface area (Å²) in [7, 11) is 0. The SMILES string of the molecule is CC(C)OCc1cccc(NC(=O)NCC2CCCCC2O)c1. The van der Waals surface area contributed by atoms with Crippen molar-refractivity contribution in [3.05, 3.63) is 29.8 Å². The molecule has 128 valence electrons. The Kier molecular flexibility index (Phi) is 6.86. The number of hydrogen-bond donors (Lipinski definition) is 3. The van der Waals surface area contributed by atoms with Gasteiger partial charge in [0.1, 0.15) is 0 Å². The lowest BCUT2D eigenvalue weighted by Gasteiger charge is -2.27. The molecule has 2 unspecified atom stereocenters. The maximum Gasteiger partial charge on any atom is 0.319 e. The van der Waals surface area contributed by atoms with Crippen LogP contribution in [0.5, 0.6) is 0 Å². The Morgan fingerprint density at radius 1 is 1.35 bits per heavy atom. The highest BCUT2D eigenvalue weighted by Crippen LogP contribution is 2.23. The summed E-state index contributed by atoms with van der Waals surface area (Å²) in [5.41, 5.74) is 1.77. The van der Waals surface area contributed by atoms with Gasteiger partial charge < -0.3 is 20.5 Å². The van der Waals surface area contributed by atoms with Crippen LogP contribution in [0.4, 0.5) is 10.5 Å². The van der Waals surface area contributed by atoms with E-state index in [-0.39, 0.29) is 24.2 Å². The van der Waals surface area contributed by atoms with Crippen LogP contribution in [0, 0.1) is 5.92 Å². The fourth-order valence-electron chi connectivity index (χ4n) is 2.83. The third-order valence-electron chi connectivity index (χ3n) is 4.16. The third kappa shape index (κ3) is 6.20. The zero-order chi connectivity index (χ0) is 16.7. The standard InChI is InChI=1S/C18H28N2O3/c1-13(2)23-12-14-6-5-8-16(10-14)20-18(22)19-11-15-7-3-4-9-17(15)21/h5-6,8,10,13,15,17,21H,3-4,7,9,11-12H2,1-2H3,(H2,19,20,22). The van der Waals surface area contributed by atoms with E-state index in [4.69, 9.17) is 4.74 Å². The van der Waals surface area contributed by atoms with E-state index in [1.54, 1.807) is 0 Å². The van der Waals surface area contributed by atoms with Gasteiger partial charge in [0.2, 0.25) is 0 Å². The summed E-state index contributed by atoms with van der Waals surface area (Å²) in [6.45, 7) is 5.04. The predicted octanol–water partition coefficient (Wildman–Crippen LogP) is 3.28. The Labute approximate surface area is 138 Å². The maximum absolute atomic E-state index is 12.0. The fraction of sp³-hybridized carbons (Fsp3) is 0.611. The van der Waals surface area contributed by atoms with Crippen LogP contribution in [-0.4, -0.2) is 29.9 Å². The molecule has 0 spiro atoms. The molecule has 1 aromatic carbocycles. The highest BCUT2D eigenvalue weighted by atomic mass is 16.5. The molecule has 5 nitrogen and oxygen atoms in total. The molecule has 0 aromatic heterocycles. The van der Waals surface area contributed by atoms with Crippen LogP contribution in [0.25, 0.3) is 0 Å². The minimum Gasteiger partial charge on any atom is -0.393 e. The van der Waals surface area contributed by atoms with E-state index in [0.717, 1.165) is 36.9 Å². The van der Waals surface area contributed by atoms with Gasteiger partial charge in [0, 0.05) is 18.2 Å². The number of carbonyl (C=O) groups excluding carboxylic acids is 1. The van der Waals surface area contributed by atoms with Gasteiger partial charge in [0.15, 0.2) is 0 Å². The Balaban J connectivity index is 1.79. The lowest BCUT2D eigenvalue weighted by Crippen LogP contribution is -2.38.